The van der Waals surface area contributed by atoms with Gasteiger partial charge in [0.1, 0.15) is 0 Å². The van der Waals surface area contributed by atoms with Crippen LogP contribution in [0.15, 0.2) is 41.3 Å². The second kappa shape index (κ2) is 9.61. The lowest BCUT2D eigenvalue weighted by Gasteiger charge is -2.30. The number of hydrogen-bond donors (Lipinski definition) is 0. The van der Waals surface area contributed by atoms with Gasteiger partial charge >= 0.3 is 0 Å². The van der Waals surface area contributed by atoms with Gasteiger partial charge in [0, 0.05) is 37.8 Å². The van der Waals surface area contributed by atoms with Gasteiger partial charge in [0.05, 0.1) is 15.9 Å². The summed E-state index contributed by atoms with van der Waals surface area (Å²) in [6.45, 7) is 8.42. The van der Waals surface area contributed by atoms with Crippen LogP contribution in [0.2, 0.25) is 0 Å². The van der Waals surface area contributed by atoms with Gasteiger partial charge in [-0.1, -0.05) is 19.1 Å². The van der Waals surface area contributed by atoms with E-state index >= 15 is 0 Å². The number of carbonyl (C=O) groups is 1. The fraction of sp³-hybridized carbons (Fsp3) is 0.458. The van der Waals surface area contributed by atoms with E-state index in [1.807, 2.05) is 0 Å². The van der Waals surface area contributed by atoms with Crippen LogP contribution in [-0.2, 0) is 10.0 Å². The van der Waals surface area contributed by atoms with Gasteiger partial charge in [0.15, 0.2) is 0 Å². The van der Waals surface area contributed by atoms with E-state index < -0.39 is 21.0 Å². The number of sulfonamides is 1. The summed E-state index contributed by atoms with van der Waals surface area (Å²) in [6.07, 6.45) is 1.64. The molecule has 9 heteroatoms. The van der Waals surface area contributed by atoms with Crippen molar-refractivity contribution in [3.63, 3.8) is 0 Å². The Hall–Kier alpha value is -2.78. The first-order chi connectivity index (χ1) is 15.4. The summed E-state index contributed by atoms with van der Waals surface area (Å²) >= 11 is 0. The first-order valence-corrected chi connectivity index (χ1v) is 12.5. The van der Waals surface area contributed by atoms with Crippen LogP contribution in [0, 0.1) is 29.9 Å². The Kier molecular flexibility index (Phi) is 7.23. The maximum absolute atomic E-state index is 13.4. The first kappa shape index (κ1) is 24.9. The average Bonchev–Trinajstić information content (AvgIpc) is 2.79. The molecule has 33 heavy (non-hydrogen) atoms. The van der Waals surface area contributed by atoms with E-state index in [1.54, 1.807) is 46.0 Å². The summed E-state index contributed by atoms with van der Waals surface area (Å²) in [5, 5.41) is 11.1. The van der Waals surface area contributed by atoms with Crippen molar-refractivity contribution in [2.24, 2.45) is 5.92 Å². The van der Waals surface area contributed by atoms with Gasteiger partial charge in [-0.05, 0) is 68.4 Å². The third kappa shape index (κ3) is 5.09. The number of nitrogens with zero attached hydrogens (tertiary/aromatic N) is 3. The third-order valence-electron chi connectivity index (χ3n) is 6.69. The largest absolute Gasteiger partial charge is 0.335 e. The Balaban J connectivity index is 1.93. The monoisotopic (exact) mass is 473 g/mol. The van der Waals surface area contributed by atoms with E-state index in [4.69, 9.17) is 0 Å². The summed E-state index contributed by atoms with van der Waals surface area (Å²) in [4.78, 5) is 25.6. The van der Waals surface area contributed by atoms with Crippen molar-refractivity contribution in [2.75, 3.05) is 20.1 Å². The molecule has 1 saturated heterocycles. The number of rotatable bonds is 6. The number of benzene rings is 2. The molecule has 1 amide bonds. The van der Waals surface area contributed by atoms with Crippen LogP contribution in [0.3, 0.4) is 0 Å². The van der Waals surface area contributed by atoms with Crippen LogP contribution < -0.4 is 0 Å². The molecule has 8 nitrogen and oxygen atoms in total. The SMILES string of the molecule is Cc1cc(C(=O)N(C)C(C)c2cccc([N+](=O)[O-])c2)cc(S(=O)(=O)N2CCC(C)CC2)c1C. The van der Waals surface area contributed by atoms with Crippen molar-refractivity contribution in [1.82, 2.24) is 9.21 Å². The van der Waals surface area contributed by atoms with Crippen LogP contribution in [-0.4, -0.2) is 48.6 Å². The summed E-state index contributed by atoms with van der Waals surface area (Å²) in [7, 11) is -2.11. The van der Waals surface area contributed by atoms with Crippen molar-refractivity contribution in [1.29, 1.82) is 0 Å². The van der Waals surface area contributed by atoms with Gasteiger partial charge in [0.2, 0.25) is 10.0 Å². The average molecular weight is 474 g/mol. The lowest BCUT2D eigenvalue weighted by atomic mass is 10.0. The van der Waals surface area contributed by atoms with Crippen molar-refractivity contribution < 1.29 is 18.1 Å². The molecule has 0 N–H and O–H groups in total. The smallest absolute Gasteiger partial charge is 0.269 e. The number of amides is 1. The van der Waals surface area contributed by atoms with E-state index in [2.05, 4.69) is 6.92 Å². The standard InChI is InChI=1S/C24H31N3O5S/c1-16-9-11-26(12-10-16)33(31,32)23-15-21(13-17(2)18(23)3)24(28)25(5)19(4)20-7-6-8-22(14-20)27(29)30/h6-8,13-16,19H,9-12H2,1-5H3. The van der Waals surface area contributed by atoms with Crippen LogP contribution in [0.4, 0.5) is 5.69 Å². The zero-order chi connectivity index (χ0) is 24.5. The minimum Gasteiger partial charge on any atom is -0.335 e. The second-order valence-electron chi connectivity index (χ2n) is 8.95. The molecule has 0 bridgehead atoms. The van der Waals surface area contributed by atoms with Gasteiger partial charge in [-0.15, -0.1) is 0 Å². The van der Waals surface area contributed by atoms with Crippen molar-refractivity contribution >= 4 is 21.6 Å². The summed E-state index contributed by atoms with van der Waals surface area (Å²) in [5.74, 6) is 0.150. The molecule has 1 unspecified atom stereocenters. The Morgan fingerprint density at radius 1 is 1.18 bits per heavy atom. The lowest BCUT2D eigenvalue weighted by Crippen LogP contribution is -2.38. The second-order valence-corrected chi connectivity index (χ2v) is 10.9. The molecule has 2 aromatic rings. The van der Waals surface area contributed by atoms with E-state index in [9.17, 15) is 23.3 Å². The quantitative estimate of drug-likeness (QED) is 0.455. The number of hydrogen-bond acceptors (Lipinski definition) is 5. The Bertz CT molecular complexity index is 1170. The fourth-order valence-corrected chi connectivity index (χ4v) is 5.88. The highest BCUT2D eigenvalue weighted by Crippen LogP contribution is 2.30. The molecule has 0 radical (unpaired) electrons. The Morgan fingerprint density at radius 3 is 2.42 bits per heavy atom. The van der Waals surface area contributed by atoms with E-state index in [1.165, 1.54) is 27.4 Å². The molecule has 0 aliphatic carbocycles. The molecule has 2 aromatic carbocycles. The van der Waals surface area contributed by atoms with Gasteiger partial charge < -0.3 is 4.90 Å². The van der Waals surface area contributed by atoms with E-state index in [0.29, 0.717) is 30.1 Å². The number of carbonyl (C=O) groups excluding carboxylic acids is 1. The minimum absolute atomic E-state index is 0.0457. The van der Waals surface area contributed by atoms with Crippen LogP contribution >= 0.6 is 0 Å². The molecule has 1 aliphatic rings. The predicted molar refractivity (Wildman–Crippen MR) is 127 cm³/mol. The number of piperidine rings is 1. The molecule has 1 heterocycles. The summed E-state index contributed by atoms with van der Waals surface area (Å²) in [6, 6.07) is 8.89. The molecular weight excluding hydrogens is 442 g/mol. The van der Waals surface area contributed by atoms with Gasteiger partial charge in [-0.25, -0.2) is 8.42 Å². The maximum atomic E-state index is 13.4. The van der Waals surface area contributed by atoms with Crippen molar-refractivity contribution in [3.8, 4) is 0 Å². The summed E-state index contributed by atoms with van der Waals surface area (Å²) < 4.78 is 28.3. The fourth-order valence-electron chi connectivity index (χ4n) is 4.08. The number of nitro groups is 1. The number of aryl methyl sites for hydroxylation is 1. The summed E-state index contributed by atoms with van der Waals surface area (Å²) in [5.41, 5.74) is 2.22. The molecule has 0 aromatic heterocycles. The van der Waals surface area contributed by atoms with Crippen molar-refractivity contribution in [2.45, 2.75) is 51.5 Å². The topological polar surface area (TPSA) is 101 Å². The minimum atomic E-state index is -3.72. The molecule has 3 rings (SSSR count). The first-order valence-electron chi connectivity index (χ1n) is 11.1. The van der Waals surface area contributed by atoms with Crippen LogP contribution in [0.5, 0.6) is 0 Å². The third-order valence-corrected chi connectivity index (χ3v) is 8.72. The van der Waals surface area contributed by atoms with Gasteiger partial charge in [-0.2, -0.15) is 4.31 Å². The zero-order valence-electron chi connectivity index (χ0n) is 19.7. The van der Waals surface area contributed by atoms with Gasteiger partial charge in [-0.3, -0.25) is 14.9 Å². The predicted octanol–water partition coefficient (Wildman–Crippen LogP) is 4.47. The molecular formula is C24H31N3O5S. The zero-order valence-corrected chi connectivity index (χ0v) is 20.6. The van der Waals surface area contributed by atoms with Gasteiger partial charge in [0.25, 0.3) is 11.6 Å². The van der Waals surface area contributed by atoms with E-state index in [-0.39, 0.29) is 22.1 Å². The maximum Gasteiger partial charge on any atom is 0.269 e. The highest BCUT2D eigenvalue weighted by molar-refractivity contribution is 7.89. The number of nitro benzene ring substituents is 1. The lowest BCUT2D eigenvalue weighted by molar-refractivity contribution is -0.384. The normalized spacial score (nSPS) is 16.4. The highest BCUT2D eigenvalue weighted by Gasteiger charge is 2.31. The molecule has 0 saturated carbocycles. The van der Waals surface area contributed by atoms with E-state index in [0.717, 1.165) is 18.4 Å². The Labute approximate surface area is 195 Å². The number of non-ortho nitro benzene ring substituents is 1. The molecule has 178 valence electrons. The molecule has 1 aliphatic heterocycles. The highest BCUT2D eigenvalue weighted by atomic mass is 32.2. The van der Waals surface area contributed by atoms with Crippen molar-refractivity contribution in [3.05, 3.63) is 68.8 Å². The van der Waals surface area contributed by atoms with Crippen LogP contribution in [0.25, 0.3) is 0 Å². The molecule has 1 atom stereocenters. The molecule has 1 fully saturated rings. The van der Waals surface area contributed by atoms with Crippen LogP contribution in [0.1, 0.15) is 59.8 Å². The molecule has 0 spiro atoms. The Morgan fingerprint density at radius 2 is 1.82 bits per heavy atom.